The number of imidazole rings is 1. The van der Waals surface area contributed by atoms with Crippen LogP contribution in [0.25, 0.3) is 21.9 Å². The number of aryl methyl sites for hydroxylation is 1. The predicted molar refractivity (Wildman–Crippen MR) is 94.7 cm³/mol. The van der Waals surface area contributed by atoms with Crippen molar-refractivity contribution in [1.29, 1.82) is 0 Å². The highest BCUT2D eigenvalue weighted by Gasteiger charge is 2.10. The van der Waals surface area contributed by atoms with Crippen LogP contribution in [0.5, 0.6) is 0 Å². The summed E-state index contributed by atoms with van der Waals surface area (Å²) in [5.41, 5.74) is 5.66. The Kier molecular flexibility index (Phi) is 3.34. The molecular formula is C20H19N3. The van der Waals surface area contributed by atoms with Crippen LogP contribution in [0.1, 0.15) is 29.9 Å². The van der Waals surface area contributed by atoms with Crippen LogP contribution in [0, 0.1) is 6.92 Å². The van der Waals surface area contributed by atoms with Crippen LogP contribution >= 0.6 is 0 Å². The van der Waals surface area contributed by atoms with Crippen LogP contribution in [0.15, 0.2) is 54.6 Å². The Morgan fingerprint density at radius 2 is 1.83 bits per heavy atom. The standard InChI is InChI=1S/C20H19N3/c1-13(17-10-8-16-5-3-4-6-18(16)23-17)11-15-7-9-19-20(12-15)22-14(2)21-19/h3-10,12-13H,11H2,1-2H3,(H,21,22). The van der Waals surface area contributed by atoms with Crippen LogP contribution in [-0.4, -0.2) is 15.0 Å². The second-order valence-electron chi connectivity index (χ2n) is 6.21. The molecule has 0 saturated heterocycles. The third-order valence-electron chi connectivity index (χ3n) is 4.33. The molecule has 0 fully saturated rings. The maximum atomic E-state index is 4.82. The number of aromatic amines is 1. The number of H-pyrrole nitrogens is 1. The number of nitrogens with one attached hydrogen (secondary N) is 1. The molecule has 3 nitrogen and oxygen atoms in total. The van der Waals surface area contributed by atoms with Gasteiger partial charge < -0.3 is 4.98 Å². The van der Waals surface area contributed by atoms with Gasteiger partial charge in [0.1, 0.15) is 5.82 Å². The van der Waals surface area contributed by atoms with Gasteiger partial charge >= 0.3 is 0 Å². The van der Waals surface area contributed by atoms with Gasteiger partial charge in [-0.05, 0) is 43.2 Å². The monoisotopic (exact) mass is 301 g/mol. The molecule has 0 aliphatic carbocycles. The molecule has 3 heteroatoms. The fourth-order valence-electron chi connectivity index (χ4n) is 3.13. The summed E-state index contributed by atoms with van der Waals surface area (Å²) < 4.78 is 0. The topological polar surface area (TPSA) is 41.6 Å². The van der Waals surface area contributed by atoms with Crippen molar-refractivity contribution in [2.75, 3.05) is 0 Å². The van der Waals surface area contributed by atoms with Gasteiger partial charge in [0.05, 0.1) is 16.6 Å². The minimum absolute atomic E-state index is 0.376. The van der Waals surface area contributed by atoms with Crippen molar-refractivity contribution in [3.8, 4) is 0 Å². The van der Waals surface area contributed by atoms with Gasteiger partial charge in [0.25, 0.3) is 0 Å². The van der Waals surface area contributed by atoms with E-state index in [0.29, 0.717) is 5.92 Å². The normalized spacial score (nSPS) is 12.8. The molecule has 1 N–H and O–H groups in total. The number of hydrogen-bond donors (Lipinski definition) is 1. The van der Waals surface area contributed by atoms with E-state index >= 15 is 0 Å². The summed E-state index contributed by atoms with van der Waals surface area (Å²) in [6.07, 6.45) is 0.972. The zero-order valence-electron chi connectivity index (χ0n) is 13.4. The van der Waals surface area contributed by atoms with Gasteiger partial charge in [0, 0.05) is 17.0 Å². The zero-order chi connectivity index (χ0) is 15.8. The fourth-order valence-corrected chi connectivity index (χ4v) is 3.13. The molecule has 1 atom stereocenters. The first-order valence-corrected chi connectivity index (χ1v) is 8.00. The molecule has 0 radical (unpaired) electrons. The average Bonchev–Trinajstić information content (AvgIpc) is 2.93. The Hall–Kier alpha value is -2.68. The molecule has 1 unspecified atom stereocenters. The van der Waals surface area contributed by atoms with E-state index in [1.54, 1.807) is 0 Å². The number of nitrogens with zero attached hydrogens (tertiary/aromatic N) is 2. The van der Waals surface area contributed by atoms with E-state index in [-0.39, 0.29) is 0 Å². The molecule has 114 valence electrons. The highest BCUT2D eigenvalue weighted by atomic mass is 14.9. The van der Waals surface area contributed by atoms with Crippen molar-refractivity contribution in [3.05, 3.63) is 71.7 Å². The van der Waals surface area contributed by atoms with E-state index in [1.165, 1.54) is 10.9 Å². The largest absolute Gasteiger partial charge is 0.342 e. The molecule has 2 heterocycles. The summed E-state index contributed by atoms with van der Waals surface area (Å²) in [7, 11) is 0. The third kappa shape index (κ3) is 2.70. The van der Waals surface area contributed by atoms with Gasteiger partial charge in [-0.2, -0.15) is 0 Å². The first kappa shape index (κ1) is 13.9. The minimum Gasteiger partial charge on any atom is -0.342 e. The summed E-state index contributed by atoms with van der Waals surface area (Å²) in [6.45, 7) is 4.22. The Morgan fingerprint density at radius 1 is 0.957 bits per heavy atom. The Balaban J connectivity index is 1.62. The second kappa shape index (κ2) is 5.51. The summed E-state index contributed by atoms with van der Waals surface area (Å²) in [5, 5.41) is 1.19. The second-order valence-corrected chi connectivity index (χ2v) is 6.21. The molecule has 4 rings (SSSR count). The van der Waals surface area contributed by atoms with Crippen molar-refractivity contribution in [2.45, 2.75) is 26.2 Å². The van der Waals surface area contributed by atoms with Gasteiger partial charge in [0.2, 0.25) is 0 Å². The average molecular weight is 301 g/mol. The first-order chi connectivity index (χ1) is 11.2. The smallest absolute Gasteiger partial charge is 0.104 e. The third-order valence-corrected chi connectivity index (χ3v) is 4.33. The number of fused-ring (bicyclic) bond motifs is 2. The molecule has 4 aromatic rings. The van der Waals surface area contributed by atoms with Gasteiger partial charge in [-0.15, -0.1) is 0 Å². The van der Waals surface area contributed by atoms with Crippen molar-refractivity contribution in [1.82, 2.24) is 15.0 Å². The lowest BCUT2D eigenvalue weighted by molar-refractivity contribution is 0.735. The van der Waals surface area contributed by atoms with Crippen LogP contribution in [-0.2, 0) is 6.42 Å². The van der Waals surface area contributed by atoms with E-state index in [0.717, 1.165) is 34.5 Å². The molecule has 2 aromatic carbocycles. The molecule has 0 aliphatic rings. The predicted octanol–water partition coefficient (Wildman–Crippen LogP) is 4.77. The maximum absolute atomic E-state index is 4.82. The maximum Gasteiger partial charge on any atom is 0.104 e. The van der Waals surface area contributed by atoms with Crippen molar-refractivity contribution in [2.24, 2.45) is 0 Å². The van der Waals surface area contributed by atoms with Crippen molar-refractivity contribution < 1.29 is 0 Å². The summed E-state index contributed by atoms with van der Waals surface area (Å²) in [6, 6.07) is 19.0. The van der Waals surface area contributed by atoms with Crippen molar-refractivity contribution >= 4 is 21.9 Å². The van der Waals surface area contributed by atoms with Crippen LogP contribution in [0.2, 0.25) is 0 Å². The molecule has 2 aromatic heterocycles. The summed E-state index contributed by atoms with van der Waals surface area (Å²) >= 11 is 0. The lowest BCUT2D eigenvalue weighted by atomic mass is 9.97. The van der Waals surface area contributed by atoms with E-state index in [2.05, 4.69) is 65.4 Å². The Morgan fingerprint density at radius 3 is 2.74 bits per heavy atom. The Bertz CT molecular complexity index is 984. The summed E-state index contributed by atoms with van der Waals surface area (Å²) in [4.78, 5) is 12.6. The SMILES string of the molecule is Cc1nc2ccc(CC(C)c3ccc4ccccc4n3)cc2[nH]1. The van der Waals surface area contributed by atoms with E-state index in [4.69, 9.17) is 4.98 Å². The van der Waals surface area contributed by atoms with E-state index < -0.39 is 0 Å². The number of hydrogen-bond acceptors (Lipinski definition) is 2. The highest BCUT2D eigenvalue weighted by Crippen LogP contribution is 2.23. The quantitative estimate of drug-likeness (QED) is 0.592. The minimum atomic E-state index is 0.376. The number of pyridine rings is 1. The van der Waals surface area contributed by atoms with Crippen molar-refractivity contribution in [3.63, 3.8) is 0 Å². The number of aromatic nitrogens is 3. The van der Waals surface area contributed by atoms with Gasteiger partial charge in [-0.1, -0.05) is 37.3 Å². The van der Waals surface area contributed by atoms with E-state index in [1.807, 2.05) is 13.0 Å². The molecule has 0 saturated carbocycles. The lowest BCUT2D eigenvalue weighted by Gasteiger charge is -2.12. The molecule has 23 heavy (non-hydrogen) atoms. The zero-order valence-corrected chi connectivity index (χ0v) is 13.4. The van der Waals surface area contributed by atoms with E-state index in [9.17, 15) is 0 Å². The number of para-hydroxylation sites is 1. The van der Waals surface area contributed by atoms with Crippen LogP contribution in [0.3, 0.4) is 0 Å². The number of benzene rings is 2. The molecule has 0 aliphatic heterocycles. The van der Waals surface area contributed by atoms with Crippen LogP contribution < -0.4 is 0 Å². The highest BCUT2D eigenvalue weighted by molar-refractivity contribution is 5.78. The number of rotatable bonds is 3. The molecular weight excluding hydrogens is 282 g/mol. The van der Waals surface area contributed by atoms with Gasteiger partial charge in [-0.25, -0.2) is 4.98 Å². The first-order valence-electron chi connectivity index (χ1n) is 8.00. The fraction of sp³-hybridized carbons (Fsp3) is 0.200. The van der Waals surface area contributed by atoms with Crippen LogP contribution in [0.4, 0.5) is 0 Å². The van der Waals surface area contributed by atoms with Gasteiger partial charge in [0.15, 0.2) is 0 Å². The Labute approximate surface area is 135 Å². The van der Waals surface area contributed by atoms with Gasteiger partial charge in [-0.3, -0.25) is 4.98 Å². The molecule has 0 bridgehead atoms. The lowest BCUT2D eigenvalue weighted by Crippen LogP contribution is -2.01. The molecule has 0 amide bonds. The summed E-state index contributed by atoms with van der Waals surface area (Å²) in [5.74, 6) is 1.34. The molecule has 0 spiro atoms.